The molecule has 2 N–H and O–H groups in total. The molecule has 0 unspecified atom stereocenters. The molecule has 0 aliphatic carbocycles. The molecular weight excluding hydrogens is 264 g/mol. The van der Waals surface area contributed by atoms with Gasteiger partial charge in [-0.1, -0.05) is 12.1 Å². The Morgan fingerprint density at radius 3 is 2.60 bits per heavy atom. The van der Waals surface area contributed by atoms with Crippen molar-refractivity contribution < 1.29 is 13.5 Å². The smallest absolute Gasteiger partial charge is 0.387 e. The van der Waals surface area contributed by atoms with Crippen molar-refractivity contribution in [2.45, 2.75) is 6.61 Å². The van der Waals surface area contributed by atoms with E-state index in [0.717, 1.165) is 38.4 Å². The van der Waals surface area contributed by atoms with E-state index in [9.17, 15) is 8.78 Å². The predicted octanol–water partition coefficient (Wildman–Crippen LogP) is 2.18. The molecule has 0 saturated carbocycles. The van der Waals surface area contributed by atoms with Gasteiger partial charge in [0.1, 0.15) is 0 Å². The maximum Gasteiger partial charge on any atom is 0.387 e. The van der Waals surface area contributed by atoms with E-state index in [2.05, 4.69) is 21.1 Å². The van der Waals surface area contributed by atoms with Crippen LogP contribution in [0.2, 0.25) is 0 Å². The van der Waals surface area contributed by atoms with E-state index in [1.807, 2.05) is 12.1 Å². The van der Waals surface area contributed by atoms with Gasteiger partial charge >= 0.3 is 6.61 Å². The second-order valence-electron chi connectivity index (χ2n) is 4.64. The lowest BCUT2D eigenvalue weighted by Gasteiger charge is -2.36. The lowest BCUT2D eigenvalue weighted by atomic mass is 10.2. The number of hydrogen-bond acceptors (Lipinski definition) is 4. The summed E-state index contributed by atoms with van der Waals surface area (Å²) in [5.74, 6) is 0.0334. The Labute approximate surface area is 117 Å². The SMILES string of the molecule is C=CCN1CCN(c2cccc(OC(F)F)c2N)CC1. The van der Waals surface area contributed by atoms with Gasteiger partial charge in [0.2, 0.25) is 0 Å². The van der Waals surface area contributed by atoms with Crippen LogP contribution in [0.25, 0.3) is 0 Å². The Morgan fingerprint density at radius 1 is 1.30 bits per heavy atom. The Kier molecular flexibility index (Phi) is 4.79. The third kappa shape index (κ3) is 3.39. The first-order valence-electron chi connectivity index (χ1n) is 6.53. The molecule has 6 heteroatoms. The third-order valence-electron chi connectivity index (χ3n) is 3.36. The van der Waals surface area contributed by atoms with Crippen LogP contribution in [-0.4, -0.2) is 44.2 Å². The molecule has 1 aliphatic heterocycles. The summed E-state index contributed by atoms with van der Waals surface area (Å²) in [4.78, 5) is 4.37. The predicted molar refractivity (Wildman–Crippen MR) is 76.3 cm³/mol. The van der Waals surface area contributed by atoms with Crippen molar-refractivity contribution in [1.29, 1.82) is 0 Å². The number of nitrogen functional groups attached to an aromatic ring is 1. The Balaban J connectivity index is 2.08. The zero-order chi connectivity index (χ0) is 14.5. The number of nitrogens with zero attached hydrogens (tertiary/aromatic N) is 2. The van der Waals surface area contributed by atoms with E-state index >= 15 is 0 Å². The van der Waals surface area contributed by atoms with Crippen LogP contribution >= 0.6 is 0 Å². The van der Waals surface area contributed by atoms with Gasteiger partial charge in [0.05, 0.1) is 11.4 Å². The van der Waals surface area contributed by atoms with Crippen LogP contribution in [0.3, 0.4) is 0 Å². The van der Waals surface area contributed by atoms with Gasteiger partial charge in [0.25, 0.3) is 0 Å². The molecule has 110 valence electrons. The summed E-state index contributed by atoms with van der Waals surface area (Å²) in [6.07, 6.45) is 1.88. The number of rotatable bonds is 5. The quantitative estimate of drug-likeness (QED) is 0.664. The molecule has 2 rings (SSSR count). The highest BCUT2D eigenvalue weighted by Gasteiger charge is 2.20. The maximum absolute atomic E-state index is 12.3. The number of nitrogens with two attached hydrogens (primary N) is 1. The average molecular weight is 283 g/mol. The van der Waals surface area contributed by atoms with Crippen molar-refractivity contribution in [3.05, 3.63) is 30.9 Å². The Hall–Kier alpha value is -1.82. The molecule has 1 aromatic rings. The fourth-order valence-electron chi connectivity index (χ4n) is 2.36. The van der Waals surface area contributed by atoms with Gasteiger partial charge in [-0.3, -0.25) is 4.90 Å². The third-order valence-corrected chi connectivity index (χ3v) is 3.36. The van der Waals surface area contributed by atoms with E-state index in [1.165, 1.54) is 6.07 Å². The van der Waals surface area contributed by atoms with Crippen LogP contribution in [0.5, 0.6) is 5.75 Å². The average Bonchev–Trinajstić information content (AvgIpc) is 2.42. The minimum absolute atomic E-state index is 0.0334. The van der Waals surface area contributed by atoms with Gasteiger partial charge in [-0.2, -0.15) is 8.78 Å². The molecule has 0 radical (unpaired) electrons. The van der Waals surface area contributed by atoms with E-state index in [0.29, 0.717) is 0 Å². The normalized spacial score (nSPS) is 16.4. The zero-order valence-corrected chi connectivity index (χ0v) is 11.3. The number of anilines is 2. The van der Waals surface area contributed by atoms with Crippen LogP contribution in [0, 0.1) is 0 Å². The lowest BCUT2D eigenvalue weighted by molar-refractivity contribution is -0.0493. The second-order valence-corrected chi connectivity index (χ2v) is 4.64. The zero-order valence-electron chi connectivity index (χ0n) is 11.3. The summed E-state index contributed by atoms with van der Waals surface area (Å²) >= 11 is 0. The first-order valence-corrected chi connectivity index (χ1v) is 6.53. The van der Waals surface area contributed by atoms with Crippen molar-refractivity contribution >= 4 is 11.4 Å². The van der Waals surface area contributed by atoms with Gasteiger partial charge in [-0.05, 0) is 12.1 Å². The standard InChI is InChI=1S/C14H19F2N3O/c1-2-6-18-7-9-19(10-8-18)11-4-3-5-12(13(11)17)20-14(15)16/h2-5,14H,1,6-10,17H2. The van der Waals surface area contributed by atoms with Crippen molar-refractivity contribution in [2.75, 3.05) is 43.4 Å². The van der Waals surface area contributed by atoms with Crippen molar-refractivity contribution in [3.8, 4) is 5.75 Å². The van der Waals surface area contributed by atoms with Gasteiger partial charge in [-0.15, -0.1) is 6.58 Å². The highest BCUT2D eigenvalue weighted by atomic mass is 19.3. The lowest BCUT2D eigenvalue weighted by Crippen LogP contribution is -2.46. The van der Waals surface area contributed by atoms with Crippen molar-refractivity contribution in [1.82, 2.24) is 4.90 Å². The highest BCUT2D eigenvalue weighted by Crippen LogP contribution is 2.33. The summed E-state index contributed by atoms with van der Waals surface area (Å²) in [5.41, 5.74) is 6.95. The van der Waals surface area contributed by atoms with E-state index in [4.69, 9.17) is 5.73 Å². The van der Waals surface area contributed by atoms with Crippen LogP contribution < -0.4 is 15.4 Å². The molecular formula is C14H19F2N3O. The summed E-state index contributed by atoms with van der Waals surface area (Å²) in [6, 6.07) is 4.97. The molecule has 1 aliphatic rings. The minimum Gasteiger partial charge on any atom is -0.433 e. The highest BCUT2D eigenvalue weighted by molar-refractivity contribution is 5.74. The second kappa shape index (κ2) is 6.56. The first kappa shape index (κ1) is 14.6. The summed E-state index contributed by atoms with van der Waals surface area (Å²) in [5, 5.41) is 0. The summed E-state index contributed by atoms with van der Waals surface area (Å²) in [7, 11) is 0. The van der Waals surface area contributed by atoms with Gasteiger partial charge in [0.15, 0.2) is 5.75 Å². The van der Waals surface area contributed by atoms with Crippen LogP contribution in [0.15, 0.2) is 30.9 Å². The topological polar surface area (TPSA) is 41.7 Å². The maximum atomic E-state index is 12.3. The summed E-state index contributed by atoms with van der Waals surface area (Å²) < 4.78 is 29.0. The number of hydrogen-bond donors (Lipinski definition) is 1. The largest absolute Gasteiger partial charge is 0.433 e. The first-order chi connectivity index (χ1) is 9.61. The van der Waals surface area contributed by atoms with Gasteiger partial charge in [0, 0.05) is 32.7 Å². The molecule has 1 saturated heterocycles. The number of benzene rings is 1. The van der Waals surface area contributed by atoms with Crippen molar-refractivity contribution in [3.63, 3.8) is 0 Å². The van der Waals surface area contributed by atoms with E-state index in [-0.39, 0.29) is 11.4 Å². The molecule has 0 atom stereocenters. The minimum atomic E-state index is -2.86. The summed E-state index contributed by atoms with van der Waals surface area (Å²) in [6.45, 7) is 5.11. The molecule has 4 nitrogen and oxygen atoms in total. The molecule has 0 amide bonds. The molecule has 0 bridgehead atoms. The van der Waals surface area contributed by atoms with E-state index in [1.54, 1.807) is 6.07 Å². The molecule has 0 aromatic heterocycles. The molecule has 20 heavy (non-hydrogen) atoms. The number of para-hydroxylation sites is 1. The number of alkyl halides is 2. The van der Waals surface area contributed by atoms with Crippen LogP contribution in [-0.2, 0) is 0 Å². The van der Waals surface area contributed by atoms with Crippen LogP contribution in [0.4, 0.5) is 20.2 Å². The Morgan fingerprint density at radius 2 is 2.00 bits per heavy atom. The van der Waals surface area contributed by atoms with Gasteiger partial charge < -0.3 is 15.4 Å². The van der Waals surface area contributed by atoms with E-state index < -0.39 is 6.61 Å². The monoisotopic (exact) mass is 283 g/mol. The fraction of sp³-hybridized carbons (Fsp3) is 0.429. The van der Waals surface area contributed by atoms with Gasteiger partial charge in [-0.25, -0.2) is 0 Å². The molecule has 1 heterocycles. The molecule has 1 aromatic carbocycles. The molecule has 1 fully saturated rings. The van der Waals surface area contributed by atoms with Crippen molar-refractivity contribution in [2.24, 2.45) is 0 Å². The molecule has 0 spiro atoms. The van der Waals surface area contributed by atoms with Crippen LogP contribution in [0.1, 0.15) is 0 Å². The number of ether oxygens (including phenoxy) is 1. The number of halogens is 2. The Bertz CT molecular complexity index is 460. The fourth-order valence-corrected chi connectivity index (χ4v) is 2.36. The number of piperazine rings is 1.